The van der Waals surface area contributed by atoms with Gasteiger partial charge in [0, 0.05) is 13.2 Å². The Morgan fingerprint density at radius 1 is 1.48 bits per heavy atom. The Hall–Kier alpha value is -1.24. The first kappa shape index (κ1) is 16.1. The first-order valence-corrected chi connectivity index (χ1v) is 8.68. The van der Waals surface area contributed by atoms with Crippen LogP contribution >= 0.6 is 22.7 Å². The van der Waals surface area contributed by atoms with Crippen LogP contribution in [0.5, 0.6) is 0 Å². The molecule has 0 spiro atoms. The summed E-state index contributed by atoms with van der Waals surface area (Å²) in [7, 11) is 0. The molecule has 1 amide bonds. The predicted molar refractivity (Wildman–Crippen MR) is 88.2 cm³/mol. The lowest BCUT2D eigenvalue weighted by molar-refractivity contribution is 0.0757. The van der Waals surface area contributed by atoms with Crippen LogP contribution in [0, 0.1) is 6.92 Å². The number of nitrogens with one attached hydrogen (secondary N) is 1. The van der Waals surface area contributed by atoms with Crippen LogP contribution in [0.4, 0.5) is 0 Å². The molecule has 2 aromatic heterocycles. The van der Waals surface area contributed by atoms with E-state index in [4.69, 9.17) is 4.74 Å². The number of ether oxygens (including phenoxy) is 1. The highest BCUT2D eigenvalue weighted by Gasteiger charge is 2.16. The van der Waals surface area contributed by atoms with Crippen molar-refractivity contribution >= 4 is 28.6 Å². The van der Waals surface area contributed by atoms with Crippen molar-refractivity contribution < 1.29 is 9.53 Å². The SMILES string of the molecule is Cc1nc(-c2cccs2)sc1C(=O)NCCCOC(C)C. The highest BCUT2D eigenvalue weighted by Crippen LogP contribution is 2.30. The summed E-state index contributed by atoms with van der Waals surface area (Å²) in [4.78, 5) is 18.5. The summed E-state index contributed by atoms with van der Waals surface area (Å²) in [6, 6.07) is 4.01. The fourth-order valence-electron chi connectivity index (χ4n) is 1.79. The van der Waals surface area contributed by atoms with Gasteiger partial charge in [-0.3, -0.25) is 4.79 Å². The average Bonchev–Trinajstić information content (AvgIpc) is 3.06. The lowest BCUT2D eigenvalue weighted by Crippen LogP contribution is -2.25. The summed E-state index contributed by atoms with van der Waals surface area (Å²) in [5, 5.41) is 5.85. The molecular weight excluding hydrogens is 304 g/mol. The van der Waals surface area contributed by atoms with E-state index in [-0.39, 0.29) is 12.0 Å². The quantitative estimate of drug-likeness (QED) is 0.790. The molecule has 0 aliphatic carbocycles. The molecule has 2 heterocycles. The maximum Gasteiger partial charge on any atom is 0.263 e. The van der Waals surface area contributed by atoms with Gasteiger partial charge in [-0.2, -0.15) is 0 Å². The molecule has 1 N–H and O–H groups in total. The fraction of sp³-hybridized carbons (Fsp3) is 0.467. The Bertz CT molecular complexity index is 577. The Morgan fingerprint density at radius 3 is 2.95 bits per heavy atom. The molecule has 21 heavy (non-hydrogen) atoms. The Morgan fingerprint density at radius 2 is 2.29 bits per heavy atom. The smallest absolute Gasteiger partial charge is 0.263 e. The summed E-state index contributed by atoms with van der Waals surface area (Å²) >= 11 is 3.09. The normalized spacial score (nSPS) is 11.0. The monoisotopic (exact) mass is 324 g/mol. The molecule has 2 aromatic rings. The molecule has 0 aliphatic heterocycles. The van der Waals surface area contributed by atoms with Gasteiger partial charge >= 0.3 is 0 Å². The van der Waals surface area contributed by atoms with Crippen LogP contribution in [0.15, 0.2) is 17.5 Å². The number of rotatable bonds is 7. The molecule has 0 aromatic carbocycles. The second-order valence-electron chi connectivity index (χ2n) is 4.94. The minimum atomic E-state index is -0.0441. The number of thiazole rings is 1. The van der Waals surface area contributed by atoms with Gasteiger partial charge in [0.05, 0.1) is 16.7 Å². The lowest BCUT2D eigenvalue weighted by atomic mass is 10.3. The summed E-state index contributed by atoms with van der Waals surface area (Å²) < 4.78 is 5.45. The third-order valence-corrected chi connectivity index (χ3v) is 4.99. The van der Waals surface area contributed by atoms with Crippen LogP contribution in [0.2, 0.25) is 0 Å². The van der Waals surface area contributed by atoms with Crippen LogP contribution in [-0.2, 0) is 4.74 Å². The first-order valence-electron chi connectivity index (χ1n) is 6.99. The van der Waals surface area contributed by atoms with Crippen LogP contribution in [0.1, 0.15) is 35.6 Å². The van der Waals surface area contributed by atoms with E-state index in [0.29, 0.717) is 18.0 Å². The Kier molecular flexibility index (Phi) is 5.90. The fourth-order valence-corrected chi connectivity index (χ4v) is 3.57. The van der Waals surface area contributed by atoms with Crippen molar-refractivity contribution in [1.29, 1.82) is 0 Å². The number of nitrogens with zero attached hydrogens (tertiary/aromatic N) is 1. The number of carbonyl (C=O) groups excluding carboxylic acids is 1. The van der Waals surface area contributed by atoms with Crippen molar-refractivity contribution in [1.82, 2.24) is 10.3 Å². The van der Waals surface area contributed by atoms with Crippen molar-refractivity contribution in [3.8, 4) is 9.88 Å². The molecule has 0 aliphatic rings. The maximum absolute atomic E-state index is 12.2. The predicted octanol–water partition coefficient (Wildman–Crippen LogP) is 3.72. The largest absolute Gasteiger partial charge is 0.379 e. The van der Waals surface area contributed by atoms with Crippen molar-refractivity contribution in [2.75, 3.05) is 13.2 Å². The molecule has 0 fully saturated rings. The third kappa shape index (κ3) is 4.62. The first-order chi connectivity index (χ1) is 10.1. The van der Waals surface area contributed by atoms with E-state index in [1.807, 2.05) is 38.3 Å². The van der Waals surface area contributed by atoms with Crippen LogP contribution < -0.4 is 5.32 Å². The van der Waals surface area contributed by atoms with Gasteiger partial charge in [0.15, 0.2) is 0 Å². The van der Waals surface area contributed by atoms with Gasteiger partial charge in [0.1, 0.15) is 9.88 Å². The number of aromatic nitrogens is 1. The number of carbonyl (C=O) groups is 1. The van der Waals surface area contributed by atoms with Gasteiger partial charge in [0.25, 0.3) is 5.91 Å². The van der Waals surface area contributed by atoms with Gasteiger partial charge in [-0.05, 0) is 38.6 Å². The van der Waals surface area contributed by atoms with Crippen LogP contribution in [0.3, 0.4) is 0 Å². The van der Waals surface area contributed by atoms with E-state index in [9.17, 15) is 4.79 Å². The van der Waals surface area contributed by atoms with Crippen LogP contribution in [0.25, 0.3) is 9.88 Å². The number of aryl methyl sites for hydroxylation is 1. The zero-order chi connectivity index (χ0) is 15.2. The molecule has 0 saturated heterocycles. The molecule has 114 valence electrons. The van der Waals surface area contributed by atoms with E-state index in [1.165, 1.54) is 11.3 Å². The summed E-state index contributed by atoms with van der Waals surface area (Å²) in [6.45, 7) is 7.18. The summed E-state index contributed by atoms with van der Waals surface area (Å²) in [5.41, 5.74) is 0.791. The number of hydrogen-bond acceptors (Lipinski definition) is 5. The van der Waals surface area contributed by atoms with E-state index < -0.39 is 0 Å². The molecule has 0 atom stereocenters. The van der Waals surface area contributed by atoms with Gasteiger partial charge < -0.3 is 10.1 Å². The Labute approximate surface area is 133 Å². The van der Waals surface area contributed by atoms with Crippen molar-refractivity contribution in [3.05, 3.63) is 28.1 Å². The molecule has 0 bridgehead atoms. The third-order valence-electron chi connectivity index (χ3n) is 2.79. The average molecular weight is 324 g/mol. The molecule has 2 rings (SSSR count). The summed E-state index contributed by atoms with van der Waals surface area (Å²) in [6.07, 6.45) is 1.05. The van der Waals surface area contributed by atoms with Crippen molar-refractivity contribution in [2.24, 2.45) is 0 Å². The molecular formula is C15H20N2O2S2. The van der Waals surface area contributed by atoms with E-state index in [0.717, 1.165) is 22.0 Å². The summed E-state index contributed by atoms with van der Waals surface area (Å²) in [5.74, 6) is -0.0441. The number of hydrogen-bond donors (Lipinski definition) is 1. The van der Waals surface area contributed by atoms with Crippen LogP contribution in [-0.4, -0.2) is 30.1 Å². The van der Waals surface area contributed by atoms with Crippen molar-refractivity contribution in [3.63, 3.8) is 0 Å². The van der Waals surface area contributed by atoms with Gasteiger partial charge in [-0.25, -0.2) is 4.98 Å². The van der Waals surface area contributed by atoms with E-state index in [1.54, 1.807) is 11.3 Å². The number of thiophene rings is 1. The maximum atomic E-state index is 12.2. The minimum absolute atomic E-state index is 0.0441. The molecule has 0 radical (unpaired) electrons. The molecule has 6 heteroatoms. The zero-order valence-electron chi connectivity index (χ0n) is 12.5. The Balaban J connectivity index is 1.88. The van der Waals surface area contributed by atoms with Crippen molar-refractivity contribution in [2.45, 2.75) is 33.3 Å². The zero-order valence-corrected chi connectivity index (χ0v) is 14.1. The molecule has 0 unspecified atom stereocenters. The highest BCUT2D eigenvalue weighted by molar-refractivity contribution is 7.22. The second kappa shape index (κ2) is 7.68. The standard InChI is InChI=1S/C15H20N2O2S2/c1-10(2)19-8-5-7-16-14(18)13-11(3)17-15(21-13)12-6-4-9-20-12/h4,6,9-10H,5,7-8H2,1-3H3,(H,16,18). The molecule has 0 saturated carbocycles. The topological polar surface area (TPSA) is 51.2 Å². The van der Waals surface area contributed by atoms with E-state index in [2.05, 4.69) is 10.3 Å². The lowest BCUT2D eigenvalue weighted by Gasteiger charge is -2.07. The van der Waals surface area contributed by atoms with Gasteiger partial charge in [0.2, 0.25) is 0 Å². The second-order valence-corrected chi connectivity index (χ2v) is 6.89. The highest BCUT2D eigenvalue weighted by atomic mass is 32.1. The molecule has 4 nitrogen and oxygen atoms in total. The minimum Gasteiger partial charge on any atom is -0.379 e. The van der Waals surface area contributed by atoms with Gasteiger partial charge in [-0.1, -0.05) is 6.07 Å². The van der Waals surface area contributed by atoms with E-state index >= 15 is 0 Å². The number of amides is 1. The van der Waals surface area contributed by atoms with Gasteiger partial charge in [-0.15, -0.1) is 22.7 Å².